The van der Waals surface area contributed by atoms with Crippen LogP contribution in [0.3, 0.4) is 0 Å². The van der Waals surface area contributed by atoms with Gasteiger partial charge in [0, 0.05) is 19.6 Å². The summed E-state index contributed by atoms with van der Waals surface area (Å²) in [4.78, 5) is 14.0. The first-order chi connectivity index (χ1) is 11.9. The number of nitrogens with zero attached hydrogens (tertiary/aromatic N) is 1. The van der Waals surface area contributed by atoms with Crippen LogP contribution in [-0.4, -0.2) is 37.2 Å². The average Bonchev–Trinajstić information content (AvgIpc) is 2.61. The second kappa shape index (κ2) is 10.9. The van der Waals surface area contributed by atoms with E-state index in [2.05, 4.69) is 11.9 Å². The van der Waals surface area contributed by atoms with Crippen molar-refractivity contribution in [3.05, 3.63) is 46.9 Å². The van der Waals surface area contributed by atoms with Crippen molar-refractivity contribution in [3.8, 4) is 0 Å². The Morgan fingerprint density at radius 2 is 2.24 bits per heavy atom. The van der Waals surface area contributed by atoms with Crippen LogP contribution in [0.5, 0.6) is 0 Å². The molecule has 0 aliphatic heterocycles. The lowest BCUT2D eigenvalue weighted by molar-refractivity contribution is 0.168. The van der Waals surface area contributed by atoms with Crippen LogP contribution in [0.4, 0.5) is 9.18 Å². The molecule has 5 nitrogen and oxygen atoms in total. The minimum Gasteiger partial charge on any atom is -0.497 e. The number of ether oxygens (including phenoxy) is 1. The molecule has 140 valence electrons. The van der Waals surface area contributed by atoms with Crippen molar-refractivity contribution in [3.63, 3.8) is 0 Å². The molecule has 0 aromatic heterocycles. The Bertz CT molecular complexity index is 583. The molecule has 1 aromatic carbocycles. The predicted octanol–water partition coefficient (Wildman–Crippen LogP) is 3.67. The maximum absolute atomic E-state index is 13.4. The summed E-state index contributed by atoms with van der Waals surface area (Å²) in [7, 11) is 1.75. The third kappa shape index (κ3) is 6.92. The van der Waals surface area contributed by atoms with Gasteiger partial charge in [-0.15, -0.1) is 0 Å². The molecule has 0 heterocycles. The molecule has 3 N–H and O–H groups in total. The van der Waals surface area contributed by atoms with E-state index in [1.165, 1.54) is 6.07 Å². The monoisotopic (exact) mass is 371 g/mol. The molecule has 1 unspecified atom stereocenters. The summed E-state index contributed by atoms with van der Waals surface area (Å²) in [6.07, 6.45) is 2.42. The van der Waals surface area contributed by atoms with Gasteiger partial charge >= 0.3 is 6.03 Å². The summed E-state index contributed by atoms with van der Waals surface area (Å²) < 4.78 is 18.8. The zero-order chi connectivity index (χ0) is 18.8. The molecule has 0 saturated carbocycles. The summed E-state index contributed by atoms with van der Waals surface area (Å²) >= 11 is 5.90. The molecule has 25 heavy (non-hydrogen) atoms. The minimum absolute atomic E-state index is 0.0368. The fourth-order valence-corrected chi connectivity index (χ4v) is 2.61. The second-order valence-electron chi connectivity index (χ2n) is 5.78. The molecular weight excluding hydrogens is 345 g/mol. The van der Waals surface area contributed by atoms with Crippen LogP contribution in [0.25, 0.3) is 0 Å². The molecule has 0 fully saturated rings. The number of rotatable bonds is 10. The van der Waals surface area contributed by atoms with Crippen molar-refractivity contribution in [1.29, 1.82) is 0 Å². The lowest BCUT2D eigenvalue weighted by Crippen LogP contribution is -2.43. The predicted molar refractivity (Wildman–Crippen MR) is 98.9 cm³/mol. The summed E-state index contributed by atoms with van der Waals surface area (Å²) in [6, 6.07) is 4.40. The van der Waals surface area contributed by atoms with Crippen LogP contribution in [0.1, 0.15) is 31.7 Å². The van der Waals surface area contributed by atoms with Gasteiger partial charge in [-0.2, -0.15) is 0 Å². The second-order valence-corrected chi connectivity index (χ2v) is 6.16. The van der Waals surface area contributed by atoms with Crippen molar-refractivity contribution in [1.82, 2.24) is 10.2 Å². The molecule has 1 atom stereocenters. The molecule has 0 aliphatic rings. The molecule has 0 radical (unpaired) electrons. The topological polar surface area (TPSA) is 67.6 Å². The number of hydrogen-bond acceptors (Lipinski definition) is 3. The number of urea groups is 1. The Morgan fingerprint density at radius 3 is 2.88 bits per heavy atom. The molecule has 1 aromatic rings. The van der Waals surface area contributed by atoms with Crippen molar-refractivity contribution in [2.45, 2.75) is 38.8 Å². The minimum atomic E-state index is -0.493. The quantitative estimate of drug-likeness (QED) is 0.487. The molecule has 2 amide bonds. The van der Waals surface area contributed by atoms with Crippen LogP contribution in [0.2, 0.25) is 5.02 Å². The molecule has 1 rings (SSSR count). The fourth-order valence-electron chi connectivity index (χ4n) is 2.41. The Hall–Kier alpha value is -1.79. The van der Waals surface area contributed by atoms with Gasteiger partial charge in [-0.25, -0.2) is 9.18 Å². The molecule has 0 spiro atoms. The normalized spacial score (nSPS) is 11.7. The van der Waals surface area contributed by atoms with Gasteiger partial charge in [0.2, 0.25) is 0 Å². The van der Waals surface area contributed by atoms with Crippen LogP contribution < -0.4 is 11.1 Å². The van der Waals surface area contributed by atoms with Gasteiger partial charge in [0.1, 0.15) is 11.6 Å². The molecule has 0 saturated heterocycles. The van der Waals surface area contributed by atoms with E-state index in [1.54, 1.807) is 24.1 Å². The van der Waals surface area contributed by atoms with Gasteiger partial charge in [-0.3, -0.25) is 0 Å². The number of halogens is 2. The molecule has 7 heteroatoms. The van der Waals surface area contributed by atoms with E-state index in [4.69, 9.17) is 22.1 Å². The van der Waals surface area contributed by atoms with E-state index in [0.29, 0.717) is 24.5 Å². The van der Waals surface area contributed by atoms with Gasteiger partial charge in [-0.1, -0.05) is 37.2 Å². The zero-order valence-electron chi connectivity index (χ0n) is 14.9. The largest absolute Gasteiger partial charge is 0.497 e. The third-order valence-electron chi connectivity index (χ3n) is 4.02. The summed E-state index contributed by atoms with van der Waals surface area (Å²) in [5.41, 5.74) is 5.96. The van der Waals surface area contributed by atoms with Crippen molar-refractivity contribution in [2.75, 3.05) is 20.2 Å². The first-order valence-corrected chi connectivity index (χ1v) is 8.72. The number of carbonyl (C=O) groups excluding carboxylic acids is 1. The lowest BCUT2D eigenvalue weighted by Gasteiger charge is -2.27. The van der Waals surface area contributed by atoms with Gasteiger partial charge in [0.25, 0.3) is 0 Å². The van der Waals surface area contributed by atoms with E-state index in [1.807, 2.05) is 6.92 Å². The zero-order valence-corrected chi connectivity index (χ0v) is 15.6. The SMILES string of the molecule is C=C(CN)OCCCC(CC)N(C)C(=O)NCc1cccc(F)c1Cl. The Labute approximate surface area is 154 Å². The highest BCUT2D eigenvalue weighted by Gasteiger charge is 2.18. The van der Waals surface area contributed by atoms with Crippen molar-refractivity contribution >= 4 is 17.6 Å². The third-order valence-corrected chi connectivity index (χ3v) is 4.44. The molecular formula is C18H27ClFN3O2. The summed E-state index contributed by atoms with van der Waals surface area (Å²) in [6.45, 7) is 6.72. The standard InChI is InChI=1S/C18H27ClFN3O2/c1-4-15(8-6-10-25-13(2)11-21)23(3)18(24)22-12-14-7-5-9-16(20)17(14)19/h5,7,9,15H,2,4,6,8,10-12,21H2,1,3H3,(H,22,24). The van der Waals surface area contributed by atoms with Crippen LogP contribution in [0, 0.1) is 5.82 Å². The number of nitrogens with one attached hydrogen (secondary N) is 1. The number of hydrogen-bond donors (Lipinski definition) is 2. The van der Waals surface area contributed by atoms with E-state index in [0.717, 1.165) is 19.3 Å². The van der Waals surface area contributed by atoms with E-state index >= 15 is 0 Å². The van der Waals surface area contributed by atoms with Crippen LogP contribution in [-0.2, 0) is 11.3 Å². The molecule has 0 bridgehead atoms. The molecule has 0 aliphatic carbocycles. The highest BCUT2D eigenvalue weighted by atomic mass is 35.5. The van der Waals surface area contributed by atoms with E-state index in [-0.39, 0.29) is 23.6 Å². The van der Waals surface area contributed by atoms with Gasteiger partial charge in [0.05, 0.1) is 18.2 Å². The lowest BCUT2D eigenvalue weighted by atomic mass is 10.1. The smallest absolute Gasteiger partial charge is 0.317 e. The number of carbonyl (C=O) groups is 1. The number of benzene rings is 1. The highest BCUT2D eigenvalue weighted by molar-refractivity contribution is 6.31. The summed E-state index contributed by atoms with van der Waals surface area (Å²) in [5.74, 6) is 0.0680. The first kappa shape index (κ1) is 21.3. The number of nitrogens with two attached hydrogens (primary N) is 1. The maximum atomic E-state index is 13.4. The number of amides is 2. The van der Waals surface area contributed by atoms with Gasteiger partial charge < -0.3 is 20.7 Å². The van der Waals surface area contributed by atoms with Crippen molar-refractivity contribution in [2.24, 2.45) is 5.73 Å². The first-order valence-electron chi connectivity index (χ1n) is 8.34. The van der Waals surface area contributed by atoms with Gasteiger partial charge in [-0.05, 0) is 30.9 Å². The summed E-state index contributed by atoms with van der Waals surface area (Å²) in [5, 5.41) is 2.81. The van der Waals surface area contributed by atoms with E-state index < -0.39 is 5.82 Å². The fraction of sp³-hybridized carbons (Fsp3) is 0.500. The van der Waals surface area contributed by atoms with Gasteiger partial charge in [0.15, 0.2) is 0 Å². The highest BCUT2D eigenvalue weighted by Crippen LogP contribution is 2.19. The maximum Gasteiger partial charge on any atom is 0.317 e. The Morgan fingerprint density at radius 1 is 1.52 bits per heavy atom. The Kier molecular flexibility index (Phi) is 9.31. The average molecular weight is 372 g/mol. The Balaban J connectivity index is 2.46. The van der Waals surface area contributed by atoms with E-state index in [9.17, 15) is 9.18 Å². The van der Waals surface area contributed by atoms with Crippen LogP contribution in [0.15, 0.2) is 30.5 Å². The van der Waals surface area contributed by atoms with Crippen molar-refractivity contribution < 1.29 is 13.9 Å². The van der Waals surface area contributed by atoms with Crippen LogP contribution >= 0.6 is 11.6 Å².